The van der Waals surface area contributed by atoms with Gasteiger partial charge >= 0.3 is 0 Å². The molecule has 0 fully saturated rings. The van der Waals surface area contributed by atoms with Gasteiger partial charge in [0, 0.05) is 18.4 Å². The van der Waals surface area contributed by atoms with Crippen LogP contribution in [0.5, 0.6) is 0 Å². The Morgan fingerprint density at radius 1 is 0.882 bits per heavy atom. The largest absolute Gasteiger partial charge is 0.235 e. The molecule has 1 aliphatic heterocycles. The van der Waals surface area contributed by atoms with E-state index >= 15 is 0 Å². The first-order valence-corrected chi connectivity index (χ1v) is 6.51. The van der Waals surface area contributed by atoms with Gasteiger partial charge in [-0.25, -0.2) is 4.58 Å². The lowest BCUT2D eigenvalue weighted by atomic mass is 9.80. The van der Waals surface area contributed by atoms with E-state index in [0.29, 0.717) is 5.92 Å². The summed E-state index contributed by atoms with van der Waals surface area (Å²) >= 11 is 0. The summed E-state index contributed by atoms with van der Waals surface area (Å²) in [5, 5.41) is 0. The molecule has 1 aliphatic rings. The maximum absolute atomic E-state index is 2.40. The molecule has 1 nitrogen and oxygen atoms in total. The Bertz CT molecular complexity index is 521. The minimum Gasteiger partial charge on any atom is -0.235 e. The van der Waals surface area contributed by atoms with Crippen molar-refractivity contribution in [2.75, 3.05) is 13.6 Å². The fourth-order valence-corrected chi connectivity index (χ4v) is 3.25. The van der Waals surface area contributed by atoms with Crippen molar-refractivity contribution in [3.63, 3.8) is 0 Å². The average molecular weight is 230 g/mol. The summed E-state index contributed by atoms with van der Waals surface area (Å²) in [5.41, 5.74) is 10.4. The zero-order valence-corrected chi connectivity index (χ0v) is 12.2. The lowest BCUT2D eigenvalue weighted by Gasteiger charge is -2.26. The molecule has 0 bridgehead atoms. The van der Waals surface area contributed by atoms with Gasteiger partial charge in [0.05, 0.1) is 0 Å². The maximum Gasteiger partial charge on any atom is 0.180 e. The van der Waals surface area contributed by atoms with E-state index < -0.39 is 0 Å². The molecule has 0 saturated carbocycles. The monoisotopic (exact) mass is 230 g/mol. The van der Waals surface area contributed by atoms with Gasteiger partial charge < -0.3 is 0 Å². The molecular weight excluding hydrogens is 206 g/mol. The van der Waals surface area contributed by atoms with E-state index in [0.717, 1.165) is 6.54 Å². The van der Waals surface area contributed by atoms with Gasteiger partial charge in [0.15, 0.2) is 5.71 Å². The summed E-state index contributed by atoms with van der Waals surface area (Å²) in [5.74, 6) is 0.636. The van der Waals surface area contributed by atoms with Gasteiger partial charge in [-0.2, -0.15) is 0 Å². The summed E-state index contributed by atoms with van der Waals surface area (Å²) in [6.07, 6.45) is 0. The maximum atomic E-state index is 2.40. The van der Waals surface area contributed by atoms with E-state index in [1.54, 1.807) is 5.56 Å². The Balaban J connectivity index is 2.90. The summed E-state index contributed by atoms with van der Waals surface area (Å²) in [6.45, 7) is 14.8. The van der Waals surface area contributed by atoms with Gasteiger partial charge in [-0.15, -0.1) is 0 Å². The van der Waals surface area contributed by atoms with E-state index in [1.165, 1.54) is 33.5 Å². The van der Waals surface area contributed by atoms with Crippen LogP contribution in [0.1, 0.15) is 53.1 Å². The molecular formula is C16H24N+. The molecule has 2 rings (SSSR count). The molecule has 1 heterocycles. The molecule has 1 atom stereocenters. The third-order valence-electron chi connectivity index (χ3n) is 4.71. The van der Waals surface area contributed by atoms with Gasteiger partial charge in [0.25, 0.3) is 0 Å². The van der Waals surface area contributed by atoms with Crippen molar-refractivity contribution in [3.05, 3.63) is 33.4 Å². The van der Waals surface area contributed by atoms with E-state index in [4.69, 9.17) is 0 Å². The molecule has 0 radical (unpaired) electrons. The van der Waals surface area contributed by atoms with E-state index in [9.17, 15) is 0 Å². The minimum atomic E-state index is 0.636. The van der Waals surface area contributed by atoms with Crippen LogP contribution >= 0.6 is 0 Å². The minimum absolute atomic E-state index is 0.636. The van der Waals surface area contributed by atoms with Crippen molar-refractivity contribution in [1.82, 2.24) is 0 Å². The van der Waals surface area contributed by atoms with Crippen LogP contribution in [0.25, 0.3) is 0 Å². The molecule has 1 aromatic rings. The highest BCUT2D eigenvalue weighted by molar-refractivity contribution is 5.99. The van der Waals surface area contributed by atoms with Gasteiger partial charge in [0.1, 0.15) is 13.6 Å². The first kappa shape index (κ1) is 12.3. The second-order valence-corrected chi connectivity index (χ2v) is 5.66. The quantitative estimate of drug-likeness (QED) is 0.600. The fraction of sp³-hybridized carbons (Fsp3) is 0.562. The molecule has 0 saturated heterocycles. The van der Waals surface area contributed by atoms with Crippen LogP contribution in [-0.4, -0.2) is 23.9 Å². The second-order valence-electron chi connectivity index (χ2n) is 5.66. The Kier molecular flexibility index (Phi) is 2.89. The smallest absolute Gasteiger partial charge is 0.180 e. The molecule has 1 aromatic carbocycles. The molecule has 0 N–H and O–H groups in total. The average Bonchev–Trinajstić information content (AvgIpc) is 2.28. The second kappa shape index (κ2) is 3.97. The predicted molar refractivity (Wildman–Crippen MR) is 74.6 cm³/mol. The molecule has 92 valence electrons. The molecule has 0 amide bonds. The number of nitrogens with zero attached hydrogens (tertiary/aromatic N) is 1. The highest BCUT2D eigenvalue weighted by Gasteiger charge is 2.30. The fourth-order valence-electron chi connectivity index (χ4n) is 3.25. The predicted octanol–water partition coefficient (Wildman–Crippen LogP) is 3.49. The Morgan fingerprint density at radius 2 is 1.41 bits per heavy atom. The van der Waals surface area contributed by atoms with Crippen molar-refractivity contribution in [2.45, 2.75) is 47.5 Å². The van der Waals surface area contributed by atoms with Crippen LogP contribution in [0.2, 0.25) is 0 Å². The number of rotatable bonds is 0. The third kappa shape index (κ3) is 1.64. The molecule has 0 aliphatic carbocycles. The van der Waals surface area contributed by atoms with Crippen molar-refractivity contribution < 1.29 is 4.58 Å². The highest BCUT2D eigenvalue weighted by atomic mass is 15.0. The molecule has 0 aromatic heterocycles. The third-order valence-corrected chi connectivity index (χ3v) is 4.71. The van der Waals surface area contributed by atoms with Crippen LogP contribution in [-0.2, 0) is 0 Å². The first-order valence-electron chi connectivity index (χ1n) is 6.51. The van der Waals surface area contributed by atoms with Crippen molar-refractivity contribution in [3.8, 4) is 0 Å². The van der Waals surface area contributed by atoms with Crippen molar-refractivity contribution >= 4 is 5.71 Å². The van der Waals surface area contributed by atoms with Gasteiger partial charge in [-0.05, 0) is 55.5 Å². The lowest BCUT2D eigenvalue weighted by Crippen LogP contribution is -2.30. The zero-order chi connectivity index (χ0) is 12.9. The van der Waals surface area contributed by atoms with Crippen LogP contribution in [0, 0.1) is 27.7 Å². The number of benzene rings is 1. The SMILES string of the molecule is CC1=[N+](C)CC(C)c2c(C)c(C)c(C)c(C)c21. The summed E-state index contributed by atoms with van der Waals surface area (Å²) in [6, 6.07) is 0. The highest BCUT2D eigenvalue weighted by Crippen LogP contribution is 2.34. The number of hydrogen-bond donors (Lipinski definition) is 0. The van der Waals surface area contributed by atoms with Crippen molar-refractivity contribution in [1.29, 1.82) is 0 Å². The van der Waals surface area contributed by atoms with Crippen LogP contribution in [0.3, 0.4) is 0 Å². The Morgan fingerprint density at radius 3 is 2.00 bits per heavy atom. The number of fused-ring (bicyclic) bond motifs is 1. The van der Waals surface area contributed by atoms with Gasteiger partial charge in [-0.1, -0.05) is 6.92 Å². The van der Waals surface area contributed by atoms with Crippen LogP contribution < -0.4 is 0 Å². The zero-order valence-electron chi connectivity index (χ0n) is 12.2. The van der Waals surface area contributed by atoms with E-state index in [2.05, 4.69) is 53.2 Å². The standard InChI is InChI=1S/C16H24N/c1-9-8-17(7)14(6)16-13(5)11(3)10(2)12(4)15(9)16/h9H,8H2,1-7H3/q+1. The number of likely N-dealkylation sites (N-methyl/N-ethyl adjacent to an activating group) is 1. The van der Waals surface area contributed by atoms with Crippen LogP contribution in [0.15, 0.2) is 0 Å². The van der Waals surface area contributed by atoms with E-state index in [-0.39, 0.29) is 0 Å². The summed E-state index contributed by atoms with van der Waals surface area (Å²) < 4.78 is 2.40. The lowest BCUT2D eigenvalue weighted by molar-refractivity contribution is -0.502. The topological polar surface area (TPSA) is 3.01 Å². The van der Waals surface area contributed by atoms with E-state index in [1.807, 2.05) is 0 Å². The Labute approximate surface area is 105 Å². The molecule has 1 heteroatoms. The molecule has 1 unspecified atom stereocenters. The van der Waals surface area contributed by atoms with Crippen molar-refractivity contribution in [2.24, 2.45) is 0 Å². The summed E-state index contributed by atoms with van der Waals surface area (Å²) in [4.78, 5) is 0. The van der Waals surface area contributed by atoms with Crippen LogP contribution in [0.4, 0.5) is 0 Å². The normalized spacial score (nSPS) is 19.6. The first-order chi connectivity index (χ1) is 7.86. The molecule has 0 spiro atoms. The van der Waals surface area contributed by atoms with Gasteiger partial charge in [-0.3, -0.25) is 0 Å². The number of hydrogen-bond acceptors (Lipinski definition) is 0. The summed E-state index contributed by atoms with van der Waals surface area (Å²) in [7, 11) is 2.21. The Hall–Kier alpha value is -1.11. The van der Waals surface area contributed by atoms with Gasteiger partial charge in [0.2, 0.25) is 0 Å². The molecule has 17 heavy (non-hydrogen) atoms.